The maximum Gasteiger partial charge on any atom is 0.256 e. The molecule has 2 aromatic rings. The highest BCUT2D eigenvalue weighted by atomic mass is 32.1. The summed E-state index contributed by atoms with van der Waals surface area (Å²) in [5.41, 5.74) is 3.17. The first kappa shape index (κ1) is 14.4. The van der Waals surface area contributed by atoms with Gasteiger partial charge in [-0.25, -0.2) is 0 Å². The number of carbonyl (C=O) groups excluding carboxylic acids is 2. The fourth-order valence-corrected chi connectivity index (χ4v) is 4.01. The third-order valence-corrected chi connectivity index (χ3v) is 5.22. The van der Waals surface area contributed by atoms with Crippen LogP contribution in [0.1, 0.15) is 16.8 Å². The first-order valence-corrected chi connectivity index (χ1v) is 8.44. The Morgan fingerprint density at radius 1 is 1.26 bits per heavy atom. The highest BCUT2D eigenvalue weighted by Crippen LogP contribution is 2.33. The molecule has 2 atom stereocenters. The van der Waals surface area contributed by atoms with Gasteiger partial charge in [-0.15, -0.1) is 0 Å². The third-order valence-electron chi connectivity index (χ3n) is 4.54. The van der Waals surface area contributed by atoms with Gasteiger partial charge in [0.2, 0.25) is 5.91 Å². The monoisotopic (exact) mass is 328 g/mol. The van der Waals surface area contributed by atoms with Crippen molar-refractivity contribution >= 4 is 28.8 Å². The van der Waals surface area contributed by atoms with E-state index in [2.05, 4.69) is 5.32 Å². The van der Waals surface area contributed by atoms with Crippen LogP contribution in [0.25, 0.3) is 11.1 Å². The Morgan fingerprint density at radius 3 is 2.87 bits per heavy atom. The van der Waals surface area contributed by atoms with Gasteiger partial charge in [0, 0.05) is 13.7 Å². The number of benzene rings is 1. The molecule has 1 N–H and O–H groups in total. The second-order valence-corrected chi connectivity index (χ2v) is 6.55. The minimum atomic E-state index is -0.551. The van der Waals surface area contributed by atoms with Crippen molar-refractivity contribution in [2.24, 2.45) is 0 Å². The van der Waals surface area contributed by atoms with Gasteiger partial charge in [0.15, 0.2) is 0 Å². The Hall–Kier alpha value is -2.18. The molecule has 1 aromatic heterocycles. The predicted molar refractivity (Wildman–Crippen MR) is 88.6 cm³/mol. The molecule has 2 amide bonds. The van der Waals surface area contributed by atoms with Crippen LogP contribution in [-0.4, -0.2) is 42.5 Å². The van der Waals surface area contributed by atoms with Crippen LogP contribution in [0.15, 0.2) is 35.0 Å². The molecule has 2 aliphatic rings. The van der Waals surface area contributed by atoms with E-state index in [1.54, 1.807) is 23.3 Å². The molecule has 2 aliphatic heterocycles. The lowest BCUT2D eigenvalue weighted by atomic mass is 10.0. The van der Waals surface area contributed by atoms with Crippen LogP contribution in [0.4, 0.5) is 5.69 Å². The van der Waals surface area contributed by atoms with Crippen LogP contribution in [0.5, 0.6) is 0 Å². The number of thiophene rings is 1. The number of rotatable bonds is 2. The van der Waals surface area contributed by atoms with E-state index in [0.29, 0.717) is 24.2 Å². The maximum absolute atomic E-state index is 12.9. The highest BCUT2D eigenvalue weighted by molar-refractivity contribution is 7.08. The van der Waals surface area contributed by atoms with Gasteiger partial charge in [-0.1, -0.05) is 6.07 Å². The summed E-state index contributed by atoms with van der Waals surface area (Å²) in [7, 11) is 1.58. The number of fused-ring (bicyclic) bond motifs is 2. The number of anilines is 1. The van der Waals surface area contributed by atoms with E-state index < -0.39 is 6.04 Å². The normalized spacial score (nSPS) is 23.3. The van der Waals surface area contributed by atoms with Gasteiger partial charge in [-0.2, -0.15) is 11.3 Å². The number of hydrogen-bond donors (Lipinski definition) is 1. The van der Waals surface area contributed by atoms with E-state index in [1.807, 2.05) is 35.0 Å². The number of ether oxygens (including phenoxy) is 1. The third kappa shape index (κ3) is 2.26. The molecule has 0 spiro atoms. The summed E-state index contributed by atoms with van der Waals surface area (Å²) in [6.45, 7) is 0.539. The lowest BCUT2D eigenvalue weighted by Crippen LogP contribution is -2.46. The fraction of sp³-hybridized carbons (Fsp3) is 0.294. The second-order valence-electron chi connectivity index (χ2n) is 5.77. The van der Waals surface area contributed by atoms with Crippen molar-refractivity contribution in [2.45, 2.75) is 18.6 Å². The van der Waals surface area contributed by atoms with Crippen LogP contribution < -0.4 is 5.32 Å². The summed E-state index contributed by atoms with van der Waals surface area (Å²) < 4.78 is 5.38. The van der Waals surface area contributed by atoms with E-state index in [9.17, 15) is 9.59 Å². The second kappa shape index (κ2) is 5.47. The lowest BCUT2D eigenvalue weighted by Gasteiger charge is -2.23. The number of nitrogens with zero attached hydrogens (tertiary/aromatic N) is 1. The molecule has 118 valence electrons. The smallest absolute Gasteiger partial charge is 0.256 e. The minimum absolute atomic E-state index is 0.111. The van der Waals surface area contributed by atoms with Crippen molar-refractivity contribution < 1.29 is 14.3 Å². The zero-order valence-corrected chi connectivity index (χ0v) is 13.4. The molecule has 23 heavy (non-hydrogen) atoms. The van der Waals surface area contributed by atoms with Gasteiger partial charge in [0.25, 0.3) is 5.91 Å². The lowest BCUT2D eigenvalue weighted by molar-refractivity contribution is -0.122. The van der Waals surface area contributed by atoms with Crippen molar-refractivity contribution in [1.82, 2.24) is 4.90 Å². The molecule has 4 rings (SSSR count). The zero-order chi connectivity index (χ0) is 16.0. The van der Waals surface area contributed by atoms with Gasteiger partial charge in [-0.3, -0.25) is 9.59 Å². The first-order chi connectivity index (χ1) is 11.2. The number of amides is 2. The Labute approximate surface area is 137 Å². The quantitative estimate of drug-likeness (QED) is 0.922. The number of nitrogens with one attached hydrogen (secondary N) is 1. The molecule has 1 saturated heterocycles. The standard InChI is InChI=1S/C17H16N2O3S/c1-22-14-4-6-19-15(14)16(20)18-13-3-2-10(8-12(13)17(19)21)11-5-7-23-9-11/h2-3,5,7-9,14-15H,4,6H2,1H3,(H,18,20). The predicted octanol–water partition coefficient (Wildman–Crippen LogP) is 2.60. The van der Waals surface area contributed by atoms with Crippen molar-refractivity contribution in [3.63, 3.8) is 0 Å². The fourth-order valence-electron chi connectivity index (χ4n) is 3.35. The summed E-state index contributed by atoms with van der Waals surface area (Å²) in [4.78, 5) is 27.1. The van der Waals surface area contributed by atoms with Crippen molar-refractivity contribution in [2.75, 3.05) is 19.0 Å². The summed E-state index contributed by atoms with van der Waals surface area (Å²) >= 11 is 1.61. The van der Waals surface area contributed by atoms with Crippen molar-refractivity contribution in [3.8, 4) is 11.1 Å². The van der Waals surface area contributed by atoms with E-state index in [1.165, 1.54) is 0 Å². The average Bonchev–Trinajstić information content (AvgIpc) is 3.22. The van der Waals surface area contributed by atoms with Crippen LogP contribution >= 0.6 is 11.3 Å². The van der Waals surface area contributed by atoms with Crippen LogP contribution in [0.2, 0.25) is 0 Å². The molecule has 5 nitrogen and oxygen atoms in total. The molecule has 3 heterocycles. The molecular weight excluding hydrogens is 312 g/mol. The van der Waals surface area contributed by atoms with Crippen LogP contribution in [-0.2, 0) is 9.53 Å². The van der Waals surface area contributed by atoms with E-state index in [-0.39, 0.29) is 17.9 Å². The van der Waals surface area contributed by atoms with Gasteiger partial charge in [0.05, 0.1) is 17.4 Å². The summed E-state index contributed by atoms with van der Waals surface area (Å²) in [5, 5.41) is 6.93. The minimum Gasteiger partial charge on any atom is -0.379 e. The van der Waals surface area contributed by atoms with Gasteiger partial charge < -0.3 is 15.0 Å². The number of hydrogen-bond acceptors (Lipinski definition) is 4. The molecule has 0 radical (unpaired) electrons. The summed E-state index contributed by atoms with van der Waals surface area (Å²) in [6, 6.07) is 7.07. The van der Waals surface area contributed by atoms with E-state index in [4.69, 9.17) is 4.74 Å². The Kier molecular flexibility index (Phi) is 3.43. The largest absolute Gasteiger partial charge is 0.379 e. The van der Waals surface area contributed by atoms with Gasteiger partial charge in [0.1, 0.15) is 6.04 Å². The highest BCUT2D eigenvalue weighted by Gasteiger charge is 2.44. The number of methoxy groups -OCH3 is 1. The molecule has 1 fully saturated rings. The zero-order valence-electron chi connectivity index (χ0n) is 12.6. The Bertz CT molecular complexity index is 772. The van der Waals surface area contributed by atoms with Gasteiger partial charge in [-0.05, 0) is 46.5 Å². The molecule has 6 heteroatoms. The van der Waals surface area contributed by atoms with Crippen molar-refractivity contribution in [3.05, 3.63) is 40.6 Å². The molecule has 0 aliphatic carbocycles. The molecular formula is C17H16N2O3S. The average molecular weight is 328 g/mol. The summed E-state index contributed by atoms with van der Waals surface area (Å²) in [5.74, 6) is -0.287. The summed E-state index contributed by atoms with van der Waals surface area (Å²) in [6.07, 6.45) is 0.435. The SMILES string of the molecule is COC1CCN2C(=O)c3cc(-c4ccsc4)ccc3NC(=O)C12. The molecule has 2 unspecified atom stereocenters. The maximum atomic E-state index is 12.9. The first-order valence-electron chi connectivity index (χ1n) is 7.50. The molecule has 0 bridgehead atoms. The molecule has 0 saturated carbocycles. The van der Waals surface area contributed by atoms with E-state index >= 15 is 0 Å². The Morgan fingerprint density at radius 2 is 2.13 bits per heavy atom. The molecule has 1 aromatic carbocycles. The Balaban J connectivity index is 1.78. The number of carbonyl (C=O) groups is 2. The van der Waals surface area contributed by atoms with Crippen LogP contribution in [0, 0.1) is 0 Å². The van der Waals surface area contributed by atoms with Gasteiger partial charge >= 0.3 is 0 Å². The topological polar surface area (TPSA) is 58.6 Å². The van der Waals surface area contributed by atoms with Crippen molar-refractivity contribution in [1.29, 1.82) is 0 Å². The van der Waals surface area contributed by atoms with E-state index in [0.717, 1.165) is 11.1 Å². The van der Waals surface area contributed by atoms with Crippen LogP contribution in [0.3, 0.4) is 0 Å².